The van der Waals surface area contributed by atoms with Crippen molar-refractivity contribution < 1.29 is 23.1 Å². The molecule has 8 heteroatoms. The SMILES string of the molecule is COc1ccc(NC(=O)C2CC2C(=O)Nc2c(F)cccc2F)cc1Cl. The number of carbonyl (C=O) groups is 2. The zero-order valence-electron chi connectivity index (χ0n) is 13.7. The van der Waals surface area contributed by atoms with Gasteiger partial charge in [-0.3, -0.25) is 9.59 Å². The lowest BCUT2D eigenvalue weighted by Crippen LogP contribution is -2.21. The van der Waals surface area contributed by atoms with Crippen LogP contribution in [-0.2, 0) is 9.59 Å². The van der Waals surface area contributed by atoms with Gasteiger partial charge in [-0.15, -0.1) is 0 Å². The number of hydrogen-bond acceptors (Lipinski definition) is 3. The van der Waals surface area contributed by atoms with Crippen LogP contribution >= 0.6 is 11.6 Å². The van der Waals surface area contributed by atoms with Gasteiger partial charge in [-0.25, -0.2) is 8.78 Å². The van der Waals surface area contributed by atoms with Crippen molar-refractivity contribution in [3.63, 3.8) is 0 Å². The van der Waals surface area contributed by atoms with E-state index in [4.69, 9.17) is 16.3 Å². The molecule has 0 bridgehead atoms. The van der Waals surface area contributed by atoms with E-state index in [0.717, 1.165) is 12.1 Å². The van der Waals surface area contributed by atoms with Crippen LogP contribution < -0.4 is 15.4 Å². The van der Waals surface area contributed by atoms with Crippen LogP contribution in [0, 0.1) is 23.5 Å². The van der Waals surface area contributed by atoms with Crippen molar-refractivity contribution in [3.8, 4) is 5.75 Å². The average Bonchev–Trinajstić information content (AvgIpc) is 3.39. The van der Waals surface area contributed by atoms with Crippen LogP contribution in [0.2, 0.25) is 5.02 Å². The van der Waals surface area contributed by atoms with Crippen molar-refractivity contribution in [3.05, 3.63) is 53.1 Å². The second kappa shape index (κ2) is 7.29. The van der Waals surface area contributed by atoms with Gasteiger partial charge in [-0.05, 0) is 36.8 Å². The molecular weight excluding hydrogens is 366 g/mol. The molecule has 2 unspecified atom stereocenters. The lowest BCUT2D eigenvalue weighted by molar-refractivity contribution is -0.122. The van der Waals surface area contributed by atoms with Gasteiger partial charge in [0, 0.05) is 5.69 Å². The van der Waals surface area contributed by atoms with E-state index >= 15 is 0 Å². The Kier molecular flexibility index (Phi) is 5.08. The number of para-hydroxylation sites is 1. The maximum atomic E-state index is 13.6. The van der Waals surface area contributed by atoms with Gasteiger partial charge in [-0.2, -0.15) is 0 Å². The van der Waals surface area contributed by atoms with Gasteiger partial charge in [0.25, 0.3) is 0 Å². The van der Waals surface area contributed by atoms with Crippen molar-refractivity contribution in [2.75, 3.05) is 17.7 Å². The lowest BCUT2D eigenvalue weighted by Gasteiger charge is -2.09. The number of ether oxygens (including phenoxy) is 1. The summed E-state index contributed by atoms with van der Waals surface area (Å²) in [7, 11) is 1.48. The Hall–Kier alpha value is -2.67. The van der Waals surface area contributed by atoms with Crippen molar-refractivity contribution >= 4 is 34.8 Å². The summed E-state index contributed by atoms with van der Waals surface area (Å²) in [6, 6.07) is 8.05. The van der Waals surface area contributed by atoms with Gasteiger partial charge in [0.05, 0.1) is 24.0 Å². The second-order valence-corrected chi connectivity index (χ2v) is 6.28. The van der Waals surface area contributed by atoms with E-state index in [1.54, 1.807) is 12.1 Å². The fourth-order valence-electron chi connectivity index (χ4n) is 2.59. The number of benzene rings is 2. The normalized spacial score (nSPS) is 18.2. The highest BCUT2D eigenvalue weighted by Gasteiger charge is 2.48. The minimum atomic E-state index is -0.868. The second-order valence-electron chi connectivity index (χ2n) is 5.87. The molecule has 5 nitrogen and oxygen atoms in total. The fourth-order valence-corrected chi connectivity index (χ4v) is 2.84. The molecule has 0 aliphatic heterocycles. The quantitative estimate of drug-likeness (QED) is 0.828. The first kappa shape index (κ1) is 18.1. The smallest absolute Gasteiger partial charge is 0.228 e. The molecule has 1 saturated carbocycles. The Morgan fingerprint density at radius 2 is 1.69 bits per heavy atom. The third kappa shape index (κ3) is 3.77. The summed E-state index contributed by atoms with van der Waals surface area (Å²) >= 11 is 6.00. The van der Waals surface area contributed by atoms with Crippen LogP contribution in [0.3, 0.4) is 0 Å². The molecule has 2 aromatic rings. The molecule has 2 N–H and O–H groups in total. The molecule has 1 aliphatic rings. The fraction of sp³-hybridized carbons (Fsp3) is 0.222. The van der Waals surface area contributed by atoms with Crippen molar-refractivity contribution in [2.24, 2.45) is 11.8 Å². The highest BCUT2D eigenvalue weighted by molar-refractivity contribution is 6.32. The number of nitrogens with one attached hydrogen (secondary N) is 2. The first-order chi connectivity index (χ1) is 12.4. The number of amides is 2. The summed E-state index contributed by atoms with van der Waals surface area (Å²) in [5.74, 6) is -3.42. The zero-order valence-corrected chi connectivity index (χ0v) is 14.4. The van der Waals surface area contributed by atoms with E-state index in [-0.39, 0.29) is 5.91 Å². The molecule has 1 fully saturated rings. The molecule has 1 aliphatic carbocycles. The van der Waals surface area contributed by atoms with Gasteiger partial charge < -0.3 is 15.4 Å². The number of carbonyl (C=O) groups excluding carboxylic acids is 2. The van der Waals surface area contributed by atoms with Crippen LogP contribution in [-0.4, -0.2) is 18.9 Å². The number of halogens is 3. The largest absolute Gasteiger partial charge is 0.495 e. The van der Waals surface area contributed by atoms with Crippen molar-refractivity contribution in [1.82, 2.24) is 0 Å². The molecule has 0 radical (unpaired) electrons. The standard InChI is InChI=1S/C18H15ClF2N2O3/c1-26-15-6-5-9(7-12(15)19)22-17(24)10-8-11(10)18(25)23-16-13(20)3-2-4-14(16)21/h2-7,10-11H,8H2,1H3,(H,22,24)(H,23,25). The summed E-state index contributed by atoms with van der Waals surface area (Å²) in [5.41, 5.74) is -0.0440. The van der Waals surface area contributed by atoms with Crippen LogP contribution in [0.25, 0.3) is 0 Å². The Balaban J connectivity index is 1.60. The maximum Gasteiger partial charge on any atom is 0.228 e. The van der Waals surface area contributed by atoms with Crippen molar-refractivity contribution in [2.45, 2.75) is 6.42 Å². The molecule has 26 heavy (non-hydrogen) atoms. The molecule has 2 atom stereocenters. The van der Waals surface area contributed by atoms with Gasteiger partial charge in [0.1, 0.15) is 23.1 Å². The monoisotopic (exact) mass is 380 g/mol. The summed E-state index contributed by atoms with van der Waals surface area (Å²) in [6.07, 6.45) is 0.303. The number of anilines is 2. The van der Waals surface area contributed by atoms with E-state index in [1.165, 1.54) is 19.2 Å². The van der Waals surface area contributed by atoms with Crippen molar-refractivity contribution in [1.29, 1.82) is 0 Å². The van der Waals surface area contributed by atoms with Crippen LogP contribution in [0.1, 0.15) is 6.42 Å². The highest BCUT2D eigenvalue weighted by atomic mass is 35.5. The van der Waals surface area contributed by atoms with Crippen LogP contribution in [0.5, 0.6) is 5.75 Å². The van der Waals surface area contributed by atoms with Gasteiger partial charge in [0.2, 0.25) is 11.8 Å². The molecular formula is C18H15ClF2N2O3. The molecule has 2 aromatic carbocycles. The minimum Gasteiger partial charge on any atom is -0.495 e. The molecule has 0 spiro atoms. The highest BCUT2D eigenvalue weighted by Crippen LogP contribution is 2.41. The van der Waals surface area contributed by atoms with Gasteiger partial charge >= 0.3 is 0 Å². The maximum absolute atomic E-state index is 13.6. The topological polar surface area (TPSA) is 67.4 Å². The first-order valence-electron chi connectivity index (χ1n) is 7.80. The molecule has 0 saturated heterocycles. The molecule has 0 heterocycles. The van der Waals surface area contributed by atoms with Crippen LogP contribution in [0.4, 0.5) is 20.2 Å². The number of rotatable bonds is 5. The van der Waals surface area contributed by atoms with E-state index in [0.29, 0.717) is 22.9 Å². The summed E-state index contributed by atoms with van der Waals surface area (Å²) in [5, 5.41) is 5.21. The Labute approximate surface area is 153 Å². The van der Waals surface area contributed by atoms with Crippen LogP contribution in [0.15, 0.2) is 36.4 Å². The predicted octanol–water partition coefficient (Wildman–Crippen LogP) is 3.84. The summed E-state index contributed by atoms with van der Waals surface area (Å²) in [6.45, 7) is 0. The van der Waals surface area contributed by atoms with E-state index in [2.05, 4.69) is 10.6 Å². The third-order valence-corrected chi connectivity index (χ3v) is 4.39. The number of hydrogen-bond donors (Lipinski definition) is 2. The third-order valence-electron chi connectivity index (χ3n) is 4.09. The van der Waals surface area contributed by atoms with E-state index in [1.807, 2.05) is 0 Å². The number of methoxy groups -OCH3 is 1. The summed E-state index contributed by atoms with van der Waals surface area (Å²) in [4.78, 5) is 24.4. The van der Waals surface area contributed by atoms with Gasteiger partial charge in [-0.1, -0.05) is 17.7 Å². The van der Waals surface area contributed by atoms with Gasteiger partial charge in [0.15, 0.2) is 0 Å². The first-order valence-corrected chi connectivity index (χ1v) is 8.17. The van der Waals surface area contributed by atoms with E-state index in [9.17, 15) is 18.4 Å². The molecule has 2 amide bonds. The molecule has 136 valence electrons. The predicted molar refractivity (Wildman–Crippen MR) is 93.2 cm³/mol. The van der Waals surface area contributed by atoms with E-state index < -0.39 is 35.1 Å². The average molecular weight is 381 g/mol. The lowest BCUT2D eigenvalue weighted by atomic mass is 10.2. The summed E-state index contributed by atoms with van der Waals surface area (Å²) < 4.78 is 32.2. The molecule has 3 rings (SSSR count). The Bertz CT molecular complexity index is 855. The zero-order chi connectivity index (χ0) is 18.8. The Morgan fingerprint density at radius 3 is 2.27 bits per heavy atom. The molecule has 0 aromatic heterocycles. The minimum absolute atomic E-state index is 0.303. The Morgan fingerprint density at radius 1 is 1.08 bits per heavy atom.